The van der Waals surface area contributed by atoms with E-state index in [4.69, 9.17) is 16.3 Å². The van der Waals surface area contributed by atoms with Crippen LogP contribution in [0.3, 0.4) is 0 Å². The SMILES string of the molecule is COc1ccc(NC(=O)CNC(=O)C(=O)Nc2ccc(F)cc2)cc1Cl. The second kappa shape index (κ2) is 8.82. The molecule has 0 heterocycles. The van der Waals surface area contributed by atoms with Crippen molar-refractivity contribution >= 4 is 40.7 Å². The Kier molecular flexibility index (Phi) is 6.51. The first-order valence-electron chi connectivity index (χ1n) is 7.37. The molecule has 0 unspecified atom stereocenters. The first kappa shape index (κ1) is 19.2. The molecule has 0 saturated heterocycles. The van der Waals surface area contributed by atoms with Crippen molar-refractivity contribution in [2.45, 2.75) is 0 Å². The van der Waals surface area contributed by atoms with Gasteiger partial charge in [0, 0.05) is 11.4 Å². The van der Waals surface area contributed by atoms with E-state index in [1.807, 2.05) is 0 Å². The Morgan fingerprint density at radius 1 is 1.00 bits per heavy atom. The number of amides is 3. The van der Waals surface area contributed by atoms with Crippen molar-refractivity contribution in [2.75, 3.05) is 24.3 Å². The monoisotopic (exact) mass is 379 g/mol. The van der Waals surface area contributed by atoms with Gasteiger partial charge in [0.05, 0.1) is 18.7 Å². The highest BCUT2D eigenvalue weighted by molar-refractivity contribution is 6.40. The third kappa shape index (κ3) is 5.45. The van der Waals surface area contributed by atoms with Crippen molar-refractivity contribution in [3.05, 3.63) is 53.3 Å². The molecule has 0 spiro atoms. The van der Waals surface area contributed by atoms with Crippen LogP contribution in [0.2, 0.25) is 5.02 Å². The van der Waals surface area contributed by atoms with Crippen molar-refractivity contribution in [3.8, 4) is 5.75 Å². The smallest absolute Gasteiger partial charge is 0.313 e. The lowest BCUT2D eigenvalue weighted by Crippen LogP contribution is -2.39. The van der Waals surface area contributed by atoms with Crippen LogP contribution in [0.1, 0.15) is 0 Å². The third-order valence-electron chi connectivity index (χ3n) is 3.15. The number of hydrogen-bond acceptors (Lipinski definition) is 4. The molecule has 2 aromatic rings. The number of rotatable bonds is 5. The minimum atomic E-state index is -1.00. The van der Waals surface area contributed by atoms with E-state index in [1.165, 1.54) is 25.3 Å². The van der Waals surface area contributed by atoms with Gasteiger partial charge in [-0.15, -0.1) is 0 Å². The van der Waals surface area contributed by atoms with Crippen molar-refractivity contribution < 1.29 is 23.5 Å². The lowest BCUT2D eigenvalue weighted by molar-refractivity contribution is -0.136. The molecular weight excluding hydrogens is 365 g/mol. The van der Waals surface area contributed by atoms with Gasteiger partial charge in [0.1, 0.15) is 11.6 Å². The summed E-state index contributed by atoms with van der Waals surface area (Å²) in [7, 11) is 1.46. The summed E-state index contributed by atoms with van der Waals surface area (Å²) in [5, 5.41) is 7.29. The average Bonchev–Trinajstić information content (AvgIpc) is 2.61. The summed E-state index contributed by atoms with van der Waals surface area (Å²) < 4.78 is 17.8. The van der Waals surface area contributed by atoms with Gasteiger partial charge in [-0.3, -0.25) is 14.4 Å². The van der Waals surface area contributed by atoms with Crippen LogP contribution in [0.25, 0.3) is 0 Å². The number of anilines is 2. The number of carbonyl (C=O) groups is 3. The van der Waals surface area contributed by atoms with Crippen LogP contribution in [0.5, 0.6) is 5.75 Å². The Morgan fingerprint density at radius 2 is 1.65 bits per heavy atom. The summed E-state index contributed by atoms with van der Waals surface area (Å²) in [5.41, 5.74) is 0.662. The molecule has 2 aromatic carbocycles. The maximum atomic E-state index is 12.8. The Morgan fingerprint density at radius 3 is 2.27 bits per heavy atom. The van der Waals surface area contributed by atoms with Gasteiger partial charge in [0.25, 0.3) is 0 Å². The Labute approximate surface area is 153 Å². The fourth-order valence-corrected chi connectivity index (χ4v) is 2.17. The normalized spacial score (nSPS) is 9.96. The largest absolute Gasteiger partial charge is 0.495 e. The maximum Gasteiger partial charge on any atom is 0.313 e. The molecule has 3 amide bonds. The maximum absolute atomic E-state index is 12.8. The summed E-state index contributed by atoms with van der Waals surface area (Å²) in [4.78, 5) is 35.2. The third-order valence-corrected chi connectivity index (χ3v) is 3.45. The molecule has 0 bridgehead atoms. The molecule has 0 saturated carbocycles. The van der Waals surface area contributed by atoms with Crippen molar-refractivity contribution in [1.82, 2.24) is 5.32 Å². The second-order valence-corrected chi connectivity index (χ2v) is 5.45. The Balaban J connectivity index is 1.82. The molecule has 26 heavy (non-hydrogen) atoms. The van der Waals surface area contributed by atoms with Gasteiger partial charge in [-0.2, -0.15) is 0 Å². The van der Waals surface area contributed by atoms with Gasteiger partial charge in [-0.25, -0.2) is 4.39 Å². The van der Waals surface area contributed by atoms with Gasteiger partial charge in [0.2, 0.25) is 5.91 Å². The number of halogens is 2. The van der Waals surface area contributed by atoms with Gasteiger partial charge >= 0.3 is 11.8 Å². The predicted octanol–water partition coefficient (Wildman–Crippen LogP) is 2.18. The van der Waals surface area contributed by atoms with E-state index in [2.05, 4.69) is 16.0 Å². The van der Waals surface area contributed by atoms with E-state index in [1.54, 1.807) is 12.1 Å². The molecule has 0 radical (unpaired) electrons. The van der Waals surface area contributed by atoms with Crippen LogP contribution in [0.15, 0.2) is 42.5 Å². The number of carbonyl (C=O) groups excluding carboxylic acids is 3. The molecule has 2 rings (SSSR count). The van der Waals surface area contributed by atoms with Gasteiger partial charge in [-0.05, 0) is 42.5 Å². The molecule has 0 fully saturated rings. The summed E-state index contributed by atoms with van der Waals surface area (Å²) >= 11 is 5.95. The first-order chi connectivity index (χ1) is 12.4. The molecule has 0 aliphatic carbocycles. The quantitative estimate of drug-likeness (QED) is 0.694. The van der Waals surface area contributed by atoms with Crippen LogP contribution in [0.4, 0.5) is 15.8 Å². The Hall–Kier alpha value is -3.13. The van der Waals surface area contributed by atoms with Crippen LogP contribution in [0, 0.1) is 5.82 Å². The minimum Gasteiger partial charge on any atom is -0.495 e. The van der Waals surface area contributed by atoms with E-state index >= 15 is 0 Å². The molecule has 0 aliphatic heterocycles. The highest BCUT2D eigenvalue weighted by Crippen LogP contribution is 2.27. The molecule has 136 valence electrons. The van der Waals surface area contributed by atoms with Gasteiger partial charge in [-0.1, -0.05) is 11.6 Å². The van der Waals surface area contributed by atoms with Crippen molar-refractivity contribution in [3.63, 3.8) is 0 Å². The van der Waals surface area contributed by atoms with Crippen LogP contribution < -0.4 is 20.7 Å². The first-order valence-corrected chi connectivity index (χ1v) is 7.75. The highest BCUT2D eigenvalue weighted by Gasteiger charge is 2.15. The van der Waals surface area contributed by atoms with Crippen molar-refractivity contribution in [1.29, 1.82) is 0 Å². The molecule has 3 N–H and O–H groups in total. The van der Waals surface area contributed by atoms with Crippen LogP contribution >= 0.6 is 11.6 Å². The average molecular weight is 380 g/mol. The summed E-state index contributed by atoms with van der Waals surface area (Å²) in [6.45, 7) is -0.417. The minimum absolute atomic E-state index is 0.254. The number of benzene rings is 2. The molecule has 0 aromatic heterocycles. The lowest BCUT2D eigenvalue weighted by Gasteiger charge is -2.09. The topological polar surface area (TPSA) is 96.5 Å². The zero-order valence-corrected chi connectivity index (χ0v) is 14.4. The molecule has 7 nitrogen and oxygen atoms in total. The summed E-state index contributed by atoms with van der Waals surface area (Å²) in [6, 6.07) is 9.53. The molecular formula is C17H15ClFN3O4. The van der Waals surface area contributed by atoms with E-state index in [0.717, 1.165) is 12.1 Å². The highest BCUT2D eigenvalue weighted by atomic mass is 35.5. The predicted molar refractivity (Wildman–Crippen MR) is 94.7 cm³/mol. The van der Waals surface area contributed by atoms with E-state index < -0.39 is 30.1 Å². The fraction of sp³-hybridized carbons (Fsp3) is 0.118. The van der Waals surface area contributed by atoms with E-state index in [9.17, 15) is 18.8 Å². The Bertz CT molecular complexity index is 827. The van der Waals surface area contributed by atoms with E-state index in [-0.39, 0.29) is 5.69 Å². The number of hydrogen-bond donors (Lipinski definition) is 3. The van der Waals surface area contributed by atoms with Crippen LogP contribution in [-0.2, 0) is 14.4 Å². The lowest BCUT2D eigenvalue weighted by atomic mass is 10.3. The zero-order valence-electron chi connectivity index (χ0n) is 13.6. The van der Waals surface area contributed by atoms with Crippen LogP contribution in [-0.4, -0.2) is 31.4 Å². The molecule has 0 aliphatic rings. The van der Waals surface area contributed by atoms with Gasteiger partial charge in [0.15, 0.2) is 0 Å². The number of nitrogens with one attached hydrogen (secondary N) is 3. The molecule has 9 heteroatoms. The zero-order chi connectivity index (χ0) is 19.1. The number of ether oxygens (including phenoxy) is 1. The standard InChI is InChI=1S/C17H15ClFN3O4/c1-26-14-7-6-12(8-13(14)18)21-15(23)9-20-16(24)17(25)22-11-4-2-10(19)3-5-11/h2-8H,9H2,1H3,(H,20,24)(H,21,23)(H,22,25). The van der Waals surface area contributed by atoms with Gasteiger partial charge < -0.3 is 20.7 Å². The van der Waals surface area contributed by atoms with Crippen molar-refractivity contribution in [2.24, 2.45) is 0 Å². The summed E-state index contributed by atoms with van der Waals surface area (Å²) in [6.07, 6.45) is 0. The second-order valence-electron chi connectivity index (χ2n) is 5.04. The van der Waals surface area contributed by atoms with E-state index in [0.29, 0.717) is 16.5 Å². The fourth-order valence-electron chi connectivity index (χ4n) is 1.91. The summed E-state index contributed by atoms with van der Waals surface area (Å²) in [5.74, 6) is -2.54. The number of methoxy groups -OCH3 is 1. The molecule has 0 atom stereocenters.